The third-order valence-corrected chi connectivity index (χ3v) is 3.97. The first-order chi connectivity index (χ1) is 12.1. The number of benzene rings is 2. The third-order valence-electron chi connectivity index (χ3n) is 3.97. The molecular formula is C19H19FN2O3. The van der Waals surface area contributed by atoms with Gasteiger partial charge >= 0.3 is 0 Å². The predicted octanol–water partition coefficient (Wildman–Crippen LogP) is 2.65. The Morgan fingerprint density at radius 3 is 2.80 bits per heavy atom. The van der Waals surface area contributed by atoms with Crippen LogP contribution in [0.4, 0.5) is 10.1 Å². The van der Waals surface area contributed by atoms with Crippen molar-refractivity contribution in [3.63, 3.8) is 0 Å². The van der Waals surface area contributed by atoms with E-state index < -0.39 is 0 Å². The van der Waals surface area contributed by atoms with Gasteiger partial charge < -0.3 is 15.0 Å². The fourth-order valence-corrected chi connectivity index (χ4v) is 2.72. The molecule has 5 nitrogen and oxygen atoms in total. The molecule has 0 unspecified atom stereocenters. The van der Waals surface area contributed by atoms with Crippen molar-refractivity contribution >= 4 is 17.5 Å². The van der Waals surface area contributed by atoms with Gasteiger partial charge in [0.15, 0.2) is 0 Å². The minimum absolute atomic E-state index is 0.0909. The van der Waals surface area contributed by atoms with Gasteiger partial charge in [0.2, 0.25) is 11.8 Å². The van der Waals surface area contributed by atoms with E-state index in [2.05, 4.69) is 5.32 Å². The van der Waals surface area contributed by atoms with Gasteiger partial charge in [-0.2, -0.15) is 0 Å². The van der Waals surface area contributed by atoms with E-state index in [4.69, 9.17) is 4.74 Å². The van der Waals surface area contributed by atoms with E-state index >= 15 is 0 Å². The van der Waals surface area contributed by atoms with E-state index in [1.807, 2.05) is 24.3 Å². The average molecular weight is 342 g/mol. The molecule has 6 heteroatoms. The lowest BCUT2D eigenvalue weighted by Crippen LogP contribution is -2.38. The standard InChI is InChI=1S/C19H19FN2O3/c20-15-5-3-4-14(12-15)13-21-18(23)8-9-19(24)22-10-11-25-17-7-2-1-6-16(17)22/h1-7,12H,8-11,13H2,(H,21,23). The molecule has 0 fully saturated rings. The van der Waals surface area contributed by atoms with Crippen LogP contribution in [0.5, 0.6) is 5.75 Å². The Labute approximate surface area is 145 Å². The molecule has 1 aliphatic heterocycles. The highest BCUT2D eigenvalue weighted by Gasteiger charge is 2.23. The van der Waals surface area contributed by atoms with Gasteiger partial charge in [0.25, 0.3) is 0 Å². The topological polar surface area (TPSA) is 58.6 Å². The molecule has 3 rings (SSSR count). The molecule has 0 aromatic heterocycles. The van der Waals surface area contributed by atoms with Crippen LogP contribution >= 0.6 is 0 Å². The van der Waals surface area contributed by atoms with E-state index in [0.717, 1.165) is 5.69 Å². The summed E-state index contributed by atoms with van der Waals surface area (Å²) in [5.41, 5.74) is 1.42. The van der Waals surface area contributed by atoms with Gasteiger partial charge in [0, 0.05) is 19.4 Å². The summed E-state index contributed by atoms with van der Waals surface area (Å²) in [6, 6.07) is 13.4. The highest BCUT2D eigenvalue weighted by molar-refractivity contribution is 5.97. The van der Waals surface area contributed by atoms with Gasteiger partial charge in [0.1, 0.15) is 18.2 Å². The number of para-hydroxylation sites is 2. The van der Waals surface area contributed by atoms with Crippen molar-refractivity contribution in [3.8, 4) is 5.75 Å². The largest absolute Gasteiger partial charge is 0.490 e. The van der Waals surface area contributed by atoms with Crippen molar-refractivity contribution in [1.82, 2.24) is 5.32 Å². The second-order valence-electron chi connectivity index (χ2n) is 5.77. The lowest BCUT2D eigenvalue weighted by atomic mass is 10.2. The van der Waals surface area contributed by atoms with Crippen LogP contribution in [0.1, 0.15) is 18.4 Å². The van der Waals surface area contributed by atoms with Crippen LogP contribution < -0.4 is 15.0 Å². The smallest absolute Gasteiger partial charge is 0.227 e. The van der Waals surface area contributed by atoms with Crippen molar-refractivity contribution in [2.75, 3.05) is 18.1 Å². The maximum atomic E-state index is 13.1. The summed E-state index contributed by atoms with van der Waals surface area (Å²) >= 11 is 0. The molecule has 0 saturated heterocycles. The minimum Gasteiger partial charge on any atom is -0.490 e. The molecule has 2 aromatic carbocycles. The Hall–Kier alpha value is -2.89. The molecular weight excluding hydrogens is 323 g/mol. The number of carbonyl (C=O) groups is 2. The zero-order valence-electron chi connectivity index (χ0n) is 13.7. The summed E-state index contributed by atoms with van der Waals surface area (Å²) in [6.45, 7) is 1.15. The lowest BCUT2D eigenvalue weighted by Gasteiger charge is -2.29. The van der Waals surface area contributed by atoms with E-state index in [0.29, 0.717) is 24.5 Å². The van der Waals surface area contributed by atoms with Crippen LogP contribution in [0.25, 0.3) is 0 Å². The van der Waals surface area contributed by atoms with Gasteiger partial charge in [-0.15, -0.1) is 0 Å². The number of fused-ring (bicyclic) bond motifs is 1. The molecule has 0 saturated carbocycles. The quantitative estimate of drug-likeness (QED) is 0.909. The summed E-state index contributed by atoms with van der Waals surface area (Å²) < 4.78 is 18.6. The van der Waals surface area contributed by atoms with Crippen molar-refractivity contribution in [3.05, 3.63) is 59.9 Å². The predicted molar refractivity (Wildman–Crippen MR) is 91.8 cm³/mol. The van der Waals surface area contributed by atoms with Crippen molar-refractivity contribution < 1.29 is 18.7 Å². The fraction of sp³-hybridized carbons (Fsp3) is 0.263. The van der Waals surface area contributed by atoms with Gasteiger partial charge in [-0.3, -0.25) is 9.59 Å². The first-order valence-corrected chi connectivity index (χ1v) is 8.17. The normalized spacial score (nSPS) is 12.9. The zero-order valence-corrected chi connectivity index (χ0v) is 13.7. The number of hydrogen-bond donors (Lipinski definition) is 1. The van der Waals surface area contributed by atoms with Crippen molar-refractivity contribution in [2.24, 2.45) is 0 Å². The molecule has 0 spiro atoms. The van der Waals surface area contributed by atoms with Crippen LogP contribution in [0.2, 0.25) is 0 Å². The number of nitrogens with zero attached hydrogens (tertiary/aromatic N) is 1. The Morgan fingerprint density at radius 2 is 1.96 bits per heavy atom. The second-order valence-corrected chi connectivity index (χ2v) is 5.77. The van der Waals surface area contributed by atoms with Crippen molar-refractivity contribution in [2.45, 2.75) is 19.4 Å². The summed E-state index contributed by atoms with van der Waals surface area (Å²) in [5.74, 6) is -0.0126. The molecule has 25 heavy (non-hydrogen) atoms. The number of carbonyl (C=O) groups excluding carboxylic acids is 2. The molecule has 0 bridgehead atoms. The van der Waals surface area contributed by atoms with Crippen molar-refractivity contribution in [1.29, 1.82) is 0 Å². The summed E-state index contributed by atoms with van der Waals surface area (Å²) in [5, 5.41) is 2.70. The lowest BCUT2D eigenvalue weighted by molar-refractivity contribution is -0.125. The van der Waals surface area contributed by atoms with Crippen LogP contribution in [-0.2, 0) is 16.1 Å². The Bertz CT molecular complexity index is 779. The SMILES string of the molecule is O=C(CCC(=O)N1CCOc2ccccc21)NCc1cccc(F)c1. The Kier molecular flexibility index (Phi) is 5.28. The van der Waals surface area contributed by atoms with Crippen LogP contribution in [0, 0.1) is 5.82 Å². The molecule has 1 aliphatic rings. The number of hydrogen-bond acceptors (Lipinski definition) is 3. The molecule has 0 aliphatic carbocycles. The molecule has 2 amide bonds. The van der Waals surface area contributed by atoms with Gasteiger partial charge in [-0.05, 0) is 29.8 Å². The Balaban J connectivity index is 1.50. The minimum atomic E-state index is -0.340. The maximum Gasteiger partial charge on any atom is 0.227 e. The second kappa shape index (κ2) is 7.79. The molecule has 0 radical (unpaired) electrons. The average Bonchev–Trinajstić information content (AvgIpc) is 2.64. The number of ether oxygens (including phenoxy) is 1. The fourth-order valence-electron chi connectivity index (χ4n) is 2.72. The third kappa shape index (κ3) is 4.35. The zero-order chi connectivity index (χ0) is 17.6. The summed E-state index contributed by atoms with van der Waals surface area (Å²) in [7, 11) is 0. The first kappa shape index (κ1) is 17.0. The van der Waals surface area contributed by atoms with E-state index in [1.54, 1.807) is 17.0 Å². The molecule has 0 atom stereocenters. The van der Waals surface area contributed by atoms with Gasteiger partial charge in [0.05, 0.1) is 12.2 Å². The summed E-state index contributed by atoms with van der Waals surface area (Å²) in [4.78, 5) is 26.0. The Morgan fingerprint density at radius 1 is 1.12 bits per heavy atom. The highest BCUT2D eigenvalue weighted by atomic mass is 19.1. The molecule has 1 heterocycles. The van der Waals surface area contributed by atoms with Gasteiger partial charge in [-0.1, -0.05) is 24.3 Å². The number of amides is 2. The molecule has 130 valence electrons. The first-order valence-electron chi connectivity index (χ1n) is 8.17. The van der Waals surface area contributed by atoms with E-state index in [1.165, 1.54) is 12.1 Å². The summed E-state index contributed by atoms with van der Waals surface area (Å²) in [6.07, 6.45) is 0.205. The van der Waals surface area contributed by atoms with Crippen LogP contribution in [0.15, 0.2) is 48.5 Å². The number of nitrogens with one attached hydrogen (secondary N) is 1. The monoisotopic (exact) mass is 342 g/mol. The van der Waals surface area contributed by atoms with E-state index in [-0.39, 0.29) is 37.0 Å². The number of halogens is 1. The number of rotatable bonds is 5. The van der Waals surface area contributed by atoms with Gasteiger partial charge in [-0.25, -0.2) is 4.39 Å². The van der Waals surface area contributed by atoms with Crippen LogP contribution in [-0.4, -0.2) is 25.0 Å². The molecule has 2 aromatic rings. The van der Waals surface area contributed by atoms with E-state index in [9.17, 15) is 14.0 Å². The molecule has 1 N–H and O–H groups in total. The maximum absolute atomic E-state index is 13.1. The highest BCUT2D eigenvalue weighted by Crippen LogP contribution is 2.31. The van der Waals surface area contributed by atoms with Crippen LogP contribution in [0.3, 0.4) is 0 Å². The number of anilines is 1.